The molecular formula is C12H16Cl2N2OS. The number of hydrogen-bond donors (Lipinski definition) is 1. The molecule has 2 N–H and O–H groups in total. The van der Waals surface area contributed by atoms with E-state index in [0.717, 1.165) is 12.8 Å². The Kier molecular flexibility index (Phi) is 4.54. The summed E-state index contributed by atoms with van der Waals surface area (Å²) in [7, 11) is 0. The standard InChI is InChI=1S/C12H16Cl2N2OS/c1-2-7-6-16(4-3-9(7)15)12(17)8-5-10(13)18-11(8)14/h5,7,9H,2-4,6,15H2,1H3. The molecule has 1 aliphatic rings. The van der Waals surface area contributed by atoms with E-state index in [4.69, 9.17) is 28.9 Å². The monoisotopic (exact) mass is 306 g/mol. The van der Waals surface area contributed by atoms with E-state index in [1.165, 1.54) is 11.3 Å². The van der Waals surface area contributed by atoms with E-state index in [-0.39, 0.29) is 11.9 Å². The highest BCUT2D eigenvalue weighted by Gasteiger charge is 2.29. The molecule has 0 spiro atoms. The molecule has 0 aliphatic carbocycles. The van der Waals surface area contributed by atoms with Crippen LogP contribution in [0.5, 0.6) is 0 Å². The first kappa shape index (κ1) is 14.1. The van der Waals surface area contributed by atoms with Crippen molar-refractivity contribution in [2.45, 2.75) is 25.8 Å². The highest BCUT2D eigenvalue weighted by Crippen LogP contribution is 2.32. The fraction of sp³-hybridized carbons (Fsp3) is 0.583. The molecule has 0 bridgehead atoms. The van der Waals surface area contributed by atoms with E-state index in [9.17, 15) is 4.79 Å². The second-order valence-electron chi connectivity index (χ2n) is 4.61. The summed E-state index contributed by atoms with van der Waals surface area (Å²) in [5, 5.41) is 0. The Labute approximate surface area is 121 Å². The zero-order valence-electron chi connectivity index (χ0n) is 10.2. The van der Waals surface area contributed by atoms with Gasteiger partial charge in [-0.2, -0.15) is 0 Å². The quantitative estimate of drug-likeness (QED) is 0.911. The highest BCUT2D eigenvalue weighted by atomic mass is 35.5. The van der Waals surface area contributed by atoms with Gasteiger partial charge in [0.1, 0.15) is 4.34 Å². The Balaban J connectivity index is 2.12. The second kappa shape index (κ2) is 5.78. The topological polar surface area (TPSA) is 46.3 Å². The predicted molar refractivity (Wildman–Crippen MR) is 76.6 cm³/mol. The van der Waals surface area contributed by atoms with Gasteiger partial charge in [-0.15, -0.1) is 11.3 Å². The molecule has 1 saturated heterocycles. The van der Waals surface area contributed by atoms with Gasteiger partial charge in [0.05, 0.1) is 9.90 Å². The average Bonchev–Trinajstić information content (AvgIpc) is 2.68. The number of amides is 1. The van der Waals surface area contributed by atoms with Crippen LogP contribution in [-0.4, -0.2) is 29.9 Å². The number of carbonyl (C=O) groups excluding carboxylic acids is 1. The Morgan fingerprint density at radius 3 is 2.89 bits per heavy atom. The number of nitrogens with zero attached hydrogens (tertiary/aromatic N) is 1. The lowest BCUT2D eigenvalue weighted by Crippen LogP contribution is -2.49. The summed E-state index contributed by atoms with van der Waals surface area (Å²) in [6.45, 7) is 3.51. The molecule has 1 aliphatic heterocycles. The fourth-order valence-corrected chi connectivity index (χ4v) is 3.77. The first-order chi connectivity index (χ1) is 8.52. The molecule has 0 saturated carbocycles. The first-order valence-electron chi connectivity index (χ1n) is 6.02. The predicted octanol–water partition coefficient (Wildman–Crippen LogP) is 3.25. The largest absolute Gasteiger partial charge is 0.338 e. The molecule has 3 nitrogen and oxygen atoms in total. The molecule has 6 heteroatoms. The molecule has 2 unspecified atom stereocenters. The summed E-state index contributed by atoms with van der Waals surface area (Å²) in [6.07, 6.45) is 1.84. The van der Waals surface area contributed by atoms with Crippen LogP contribution in [0.3, 0.4) is 0 Å². The minimum absolute atomic E-state index is 0.0338. The number of rotatable bonds is 2. The summed E-state index contributed by atoms with van der Waals surface area (Å²) in [5.41, 5.74) is 6.55. The van der Waals surface area contributed by atoms with Crippen LogP contribution >= 0.6 is 34.5 Å². The number of halogens is 2. The summed E-state index contributed by atoms with van der Waals surface area (Å²) in [4.78, 5) is 14.2. The van der Waals surface area contributed by atoms with Gasteiger partial charge in [-0.1, -0.05) is 36.5 Å². The zero-order valence-corrected chi connectivity index (χ0v) is 12.5. The third kappa shape index (κ3) is 2.82. The molecule has 2 rings (SSSR count). The molecular weight excluding hydrogens is 291 g/mol. The van der Waals surface area contributed by atoms with E-state index in [1.807, 2.05) is 4.90 Å². The van der Waals surface area contributed by atoms with Gasteiger partial charge < -0.3 is 10.6 Å². The number of thiophene rings is 1. The van der Waals surface area contributed by atoms with Crippen molar-refractivity contribution in [1.29, 1.82) is 0 Å². The van der Waals surface area contributed by atoms with Crippen molar-refractivity contribution in [3.63, 3.8) is 0 Å². The van der Waals surface area contributed by atoms with Gasteiger partial charge in [0.2, 0.25) is 0 Å². The van der Waals surface area contributed by atoms with Crippen molar-refractivity contribution in [2.24, 2.45) is 11.7 Å². The van der Waals surface area contributed by atoms with Crippen molar-refractivity contribution in [3.8, 4) is 0 Å². The normalized spacial score (nSPS) is 24.3. The lowest BCUT2D eigenvalue weighted by atomic mass is 9.90. The van der Waals surface area contributed by atoms with Gasteiger partial charge in [-0.05, 0) is 18.4 Å². The number of carbonyl (C=O) groups is 1. The number of piperidine rings is 1. The molecule has 2 heterocycles. The molecule has 1 fully saturated rings. The Morgan fingerprint density at radius 2 is 2.33 bits per heavy atom. The van der Waals surface area contributed by atoms with E-state index in [1.54, 1.807) is 6.07 Å². The number of nitrogens with two attached hydrogens (primary N) is 1. The zero-order chi connectivity index (χ0) is 13.3. The van der Waals surface area contributed by atoms with Gasteiger partial charge in [-0.25, -0.2) is 0 Å². The Bertz CT molecular complexity index is 449. The maximum atomic E-state index is 12.4. The number of hydrogen-bond acceptors (Lipinski definition) is 3. The molecule has 0 aromatic carbocycles. The van der Waals surface area contributed by atoms with E-state index < -0.39 is 0 Å². The second-order valence-corrected chi connectivity index (χ2v) is 6.90. The van der Waals surface area contributed by atoms with E-state index in [2.05, 4.69) is 6.92 Å². The minimum Gasteiger partial charge on any atom is -0.338 e. The molecule has 1 aromatic heterocycles. The van der Waals surface area contributed by atoms with Gasteiger partial charge in [0.15, 0.2) is 0 Å². The first-order valence-corrected chi connectivity index (χ1v) is 7.59. The van der Waals surface area contributed by atoms with Crippen molar-refractivity contribution in [2.75, 3.05) is 13.1 Å². The van der Waals surface area contributed by atoms with Crippen LogP contribution in [-0.2, 0) is 0 Å². The maximum Gasteiger partial charge on any atom is 0.256 e. The fourth-order valence-electron chi connectivity index (χ4n) is 2.32. The SMILES string of the molecule is CCC1CN(C(=O)c2cc(Cl)sc2Cl)CCC1N. The Hall–Kier alpha value is -0.290. The molecule has 18 heavy (non-hydrogen) atoms. The van der Waals surface area contributed by atoms with Gasteiger partial charge in [0.25, 0.3) is 5.91 Å². The third-order valence-electron chi connectivity index (χ3n) is 3.49. The molecule has 1 aromatic rings. The van der Waals surface area contributed by atoms with E-state index >= 15 is 0 Å². The third-order valence-corrected chi connectivity index (χ3v) is 4.98. The van der Waals surface area contributed by atoms with Crippen LogP contribution in [0.25, 0.3) is 0 Å². The highest BCUT2D eigenvalue weighted by molar-refractivity contribution is 7.20. The molecule has 2 atom stereocenters. The number of likely N-dealkylation sites (tertiary alicyclic amines) is 1. The van der Waals surface area contributed by atoms with Crippen molar-refractivity contribution >= 4 is 40.4 Å². The van der Waals surface area contributed by atoms with Crippen LogP contribution in [0.15, 0.2) is 6.07 Å². The van der Waals surface area contributed by atoms with Crippen LogP contribution in [0, 0.1) is 5.92 Å². The van der Waals surface area contributed by atoms with Crippen LogP contribution < -0.4 is 5.73 Å². The summed E-state index contributed by atoms with van der Waals surface area (Å²) < 4.78 is 1.01. The summed E-state index contributed by atoms with van der Waals surface area (Å²) in [6, 6.07) is 1.84. The smallest absolute Gasteiger partial charge is 0.256 e. The summed E-state index contributed by atoms with van der Waals surface area (Å²) in [5.74, 6) is 0.337. The molecule has 0 radical (unpaired) electrons. The Morgan fingerprint density at radius 1 is 1.61 bits per heavy atom. The summed E-state index contributed by atoms with van der Waals surface area (Å²) >= 11 is 13.1. The maximum absolute atomic E-state index is 12.4. The van der Waals surface area contributed by atoms with Crippen molar-refractivity contribution in [3.05, 3.63) is 20.3 Å². The van der Waals surface area contributed by atoms with Gasteiger partial charge >= 0.3 is 0 Å². The lowest BCUT2D eigenvalue weighted by molar-refractivity contribution is 0.0650. The van der Waals surface area contributed by atoms with E-state index in [0.29, 0.717) is 33.2 Å². The minimum atomic E-state index is -0.0338. The van der Waals surface area contributed by atoms with Gasteiger partial charge in [-0.3, -0.25) is 4.79 Å². The van der Waals surface area contributed by atoms with Crippen LogP contribution in [0.2, 0.25) is 8.67 Å². The van der Waals surface area contributed by atoms with Crippen LogP contribution in [0.1, 0.15) is 30.1 Å². The van der Waals surface area contributed by atoms with Gasteiger partial charge in [0, 0.05) is 19.1 Å². The molecule has 100 valence electrons. The van der Waals surface area contributed by atoms with Crippen LogP contribution in [0.4, 0.5) is 0 Å². The average molecular weight is 307 g/mol. The van der Waals surface area contributed by atoms with Crippen molar-refractivity contribution < 1.29 is 4.79 Å². The van der Waals surface area contributed by atoms with Crippen molar-refractivity contribution in [1.82, 2.24) is 4.90 Å². The molecule has 1 amide bonds. The lowest BCUT2D eigenvalue weighted by Gasteiger charge is -2.36.